The molecule has 204 valence electrons. The van der Waals surface area contributed by atoms with E-state index < -0.39 is 0 Å². The molecule has 1 saturated heterocycles. The average Bonchev–Trinajstić information content (AvgIpc) is 3.69. The van der Waals surface area contributed by atoms with Gasteiger partial charge in [-0.15, -0.1) is 0 Å². The Morgan fingerprint density at radius 3 is 2.19 bits per heavy atom. The minimum atomic E-state index is -0.0946. The Balaban J connectivity index is 1.22. The molecule has 36 heavy (non-hydrogen) atoms. The van der Waals surface area contributed by atoms with E-state index >= 15 is 0 Å². The largest absolute Gasteiger partial charge is 0.462 e. The SMILES string of the molecule is CC(=O)O[C@H]1CCC23C[C@]24CC[C@]2(C)[C@@H]([C@H](C)CCC5(C(C)C)CO5)CC[C@@]2(C)[C@@H]4CC[C@H]3C1(C)C. The number of epoxide rings is 1. The van der Waals surface area contributed by atoms with E-state index in [4.69, 9.17) is 9.47 Å². The van der Waals surface area contributed by atoms with E-state index in [1.807, 2.05) is 0 Å². The van der Waals surface area contributed by atoms with Gasteiger partial charge in [0.15, 0.2) is 0 Å². The second kappa shape index (κ2) is 7.76. The van der Waals surface area contributed by atoms with Crippen molar-refractivity contribution >= 4 is 5.97 Å². The fraction of sp³-hybridized carbons (Fsp3) is 0.970. The van der Waals surface area contributed by atoms with Crippen LogP contribution < -0.4 is 0 Å². The normalized spacial score (nSPS) is 53.0. The van der Waals surface area contributed by atoms with Crippen molar-refractivity contribution in [3.63, 3.8) is 0 Å². The molecule has 0 N–H and O–H groups in total. The summed E-state index contributed by atoms with van der Waals surface area (Å²) < 4.78 is 11.9. The molecule has 0 radical (unpaired) electrons. The highest BCUT2D eigenvalue weighted by atomic mass is 16.6. The van der Waals surface area contributed by atoms with Gasteiger partial charge in [0.25, 0.3) is 0 Å². The molecule has 6 rings (SSSR count). The number of rotatable bonds is 6. The lowest BCUT2D eigenvalue weighted by Gasteiger charge is -2.63. The minimum Gasteiger partial charge on any atom is -0.462 e. The number of ether oxygens (including phenoxy) is 2. The molecule has 5 aliphatic carbocycles. The van der Waals surface area contributed by atoms with Crippen LogP contribution >= 0.6 is 0 Å². The summed E-state index contributed by atoms with van der Waals surface area (Å²) in [6.45, 7) is 20.2. The van der Waals surface area contributed by atoms with Gasteiger partial charge in [-0.1, -0.05) is 48.5 Å². The molecule has 0 aromatic rings. The lowest BCUT2D eigenvalue weighted by Crippen LogP contribution is -2.58. The van der Waals surface area contributed by atoms with E-state index in [-0.39, 0.29) is 23.1 Å². The molecule has 6 aliphatic rings. The van der Waals surface area contributed by atoms with Gasteiger partial charge in [-0.3, -0.25) is 4.79 Å². The molecule has 0 amide bonds. The lowest BCUT2D eigenvalue weighted by atomic mass is 9.41. The van der Waals surface area contributed by atoms with Crippen LogP contribution in [0.15, 0.2) is 0 Å². The summed E-state index contributed by atoms with van der Waals surface area (Å²) >= 11 is 0. The zero-order chi connectivity index (χ0) is 25.9. The van der Waals surface area contributed by atoms with Gasteiger partial charge in [0.2, 0.25) is 0 Å². The van der Waals surface area contributed by atoms with Crippen LogP contribution in [0.25, 0.3) is 0 Å². The van der Waals surface area contributed by atoms with Gasteiger partial charge >= 0.3 is 5.97 Å². The number of esters is 1. The topological polar surface area (TPSA) is 38.8 Å². The van der Waals surface area contributed by atoms with E-state index in [0.29, 0.717) is 33.5 Å². The van der Waals surface area contributed by atoms with Crippen LogP contribution in [0, 0.1) is 56.7 Å². The second-order valence-electron chi connectivity index (χ2n) is 16.1. The fourth-order valence-corrected chi connectivity index (χ4v) is 12.2. The number of hydrogen-bond donors (Lipinski definition) is 0. The maximum absolute atomic E-state index is 11.9. The molecule has 0 aromatic carbocycles. The number of fused-ring (bicyclic) bond motifs is 2. The smallest absolute Gasteiger partial charge is 0.302 e. The molecule has 6 fully saturated rings. The van der Waals surface area contributed by atoms with Gasteiger partial charge < -0.3 is 9.47 Å². The van der Waals surface area contributed by atoms with Gasteiger partial charge in [-0.25, -0.2) is 0 Å². The first-order valence-electron chi connectivity index (χ1n) is 15.6. The fourth-order valence-electron chi connectivity index (χ4n) is 12.2. The molecule has 3 nitrogen and oxygen atoms in total. The monoisotopic (exact) mass is 498 g/mol. The third-order valence-electron chi connectivity index (χ3n) is 14.7. The quantitative estimate of drug-likeness (QED) is 0.274. The van der Waals surface area contributed by atoms with Crippen molar-refractivity contribution in [1.29, 1.82) is 0 Å². The highest BCUT2D eigenvalue weighted by Crippen LogP contribution is 2.89. The van der Waals surface area contributed by atoms with Crippen molar-refractivity contribution in [2.24, 2.45) is 56.7 Å². The van der Waals surface area contributed by atoms with Crippen LogP contribution in [-0.2, 0) is 14.3 Å². The van der Waals surface area contributed by atoms with Crippen LogP contribution in [0.5, 0.6) is 0 Å². The summed E-state index contributed by atoms with van der Waals surface area (Å²) in [6, 6.07) is 0. The van der Waals surface area contributed by atoms with Crippen LogP contribution in [0.3, 0.4) is 0 Å². The van der Waals surface area contributed by atoms with Crippen molar-refractivity contribution in [1.82, 2.24) is 0 Å². The van der Waals surface area contributed by atoms with Gasteiger partial charge in [0.1, 0.15) is 6.10 Å². The average molecular weight is 499 g/mol. The van der Waals surface area contributed by atoms with Crippen LogP contribution in [0.4, 0.5) is 0 Å². The standard InChI is InChI=1S/C33H54O3/c1-21(2)33(20-35-33)16-11-22(3)24-12-14-30(8)26-10-9-25-28(5,6)27(36-23(4)34)13-15-31(25)19-32(26,31)18-17-29(24,30)7/h21-22,24-27H,9-20H2,1-8H3/t22-,24-,25+,26+,27+,29-,30+,31?,32+,33?/m1/s1. The predicted molar refractivity (Wildman–Crippen MR) is 144 cm³/mol. The third-order valence-corrected chi connectivity index (χ3v) is 14.7. The summed E-state index contributed by atoms with van der Waals surface area (Å²) in [6.07, 6.45) is 15.0. The molecular formula is C33H54O3. The van der Waals surface area contributed by atoms with Crippen molar-refractivity contribution < 1.29 is 14.3 Å². The van der Waals surface area contributed by atoms with Crippen molar-refractivity contribution in [2.45, 2.75) is 138 Å². The summed E-state index contributed by atoms with van der Waals surface area (Å²) in [5.41, 5.74) is 2.37. The Kier molecular flexibility index (Phi) is 5.54. The maximum atomic E-state index is 11.9. The minimum absolute atomic E-state index is 0.0946. The molecule has 3 heteroatoms. The molecule has 10 atom stereocenters. The third kappa shape index (κ3) is 3.10. The molecule has 1 aliphatic heterocycles. The molecule has 0 bridgehead atoms. The van der Waals surface area contributed by atoms with Gasteiger partial charge in [0.05, 0.1) is 12.2 Å². The Hall–Kier alpha value is -0.570. The predicted octanol–water partition coefficient (Wildman–Crippen LogP) is 8.20. The van der Waals surface area contributed by atoms with Gasteiger partial charge in [0, 0.05) is 12.3 Å². The second-order valence-corrected chi connectivity index (χ2v) is 16.1. The molecular weight excluding hydrogens is 444 g/mol. The van der Waals surface area contributed by atoms with E-state index in [1.165, 1.54) is 64.2 Å². The molecule has 5 saturated carbocycles. The molecule has 2 unspecified atom stereocenters. The van der Waals surface area contributed by atoms with E-state index in [2.05, 4.69) is 48.5 Å². The number of carbonyl (C=O) groups excluding carboxylic acids is 1. The van der Waals surface area contributed by atoms with E-state index in [9.17, 15) is 4.79 Å². The first kappa shape index (κ1) is 25.7. The Morgan fingerprint density at radius 2 is 1.56 bits per heavy atom. The highest BCUT2D eigenvalue weighted by molar-refractivity contribution is 5.66. The molecule has 0 aromatic heterocycles. The first-order valence-corrected chi connectivity index (χ1v) is 15.6. The molecule has 2 spiro atoms. The van der Waals surface area contributed by atoms with Crippen LogP contribution in [-0.4, -0.2) is 24.3 Å². The van der Waals surface area contributed by atoms with Crippen molar-refractivity contribution in [3.8, 4) is 0 Å². The summed E-state index contributed by atoms with van der Waals surface area (Å²) in [5, 5.41) is 0. The van der Waals surface area contributed by atoms with Crippen molar-refractivity contribution in [3.05, 3.63) is 0 Å². The van der Waals surface area contributed by atoms with Crippen molar-refractivity contribution in [2.75, 3.05) is 6.61 Å². The van der Waals surface area contributed by atoms with E-state index in [1.54, 1.807) is 6.92 Å². The number of hydrogen-bond acceptors (Lipinski definition) is 3. The zero-order valence-corrected chi connectivity index (χ0v) is 24.7. The van der Waals surface area contributed by atoms with Crippen LogP contribution in [0.2, 0.25) is 0 Å². The Labute approximate surface area is 221 Å². The maximum Gasteiger partial charge on any atom is 0.302 e. The van der Waals surface area contributed by atoms with Crippen LogP contribution in [0.1, 0.15) is 126 Å². The Morgan fingerprint density at radius 1 is 0.889 bits per heavy atom. The molecule has 1 heterocycles. The zero-order valence-electron chi connectivity index (χ0n) is 24.7. The number of carbonyl (C=O) groups is 1. The summed E-state index contributed by atoms with van der Waals surface area (Å²) in [4.78, 5) is 11.9. The summed E-state index contributed by atoms with van der Waals surface area (Å²) in [5.74, 6) is 3.83. The summed E-state index contributed by atoms with van der Waals surface area (Å²) in [7, 11) is 0. The lowest BCUT2D eigenvalue weighted by molar-refractivity contribution is -0.181. The Bertz CT molecular complexity index is 918. The van der Waals surface area contributed by atoms with Gasteiger partial charge in [-0.05, 0) is 122 Å². The first-order chi connectivity index (χ1) is 16.8. The highest BCUT2D eigenvalue weighted by Gasteiger charge is 2.82. The van der Waals surface area contributed by atoms with E-state index in [0.717, 1.165) is 30.8 Å². The van der Waals surface area contributed by atoms with Gasteiger partial charge in [-0.2, -0.15) is 0 Å².